The van der Waals surface area contributed by atoms with E-state index in [0.29, 0.717) is 17.0 Å². The van der Waals surface area contributed by atoms with Crippen LogP contribution in [-0.4, -0.2) is 35.2 Å². The Morgan fingerprint density at radius 3 is 2.52 bits per heavy atom. The van der Waals surface area contributed by atoms with Crippen molar-refractivity contribution in [2.45, 2.75) is 13.0 Å². The van der Waals surface area contributed by atoms with Crippen LogP contribution in [0.1, 0.15) is 34.6 Å². The molecule has 0 spiro atoms. The lowest BCUT2D eigenvalue weighted by Gasteiger charge is -2.26. The Labute approximate surface area is 157 Å². The molecule has 1 aliphatic rings. The highest BCUT2D eigenvalue weighted by Gasteiger charge is 2.33. The van der Waals surface area contributed by atoms with E-state index in [2.05, 4.69) is 6.58 Å². The molecule has 0 aliphatic carbocycles. The number of amides is 2. The fourth-order valence-corrected chi connectivity index (χ4v) is 3.36. The zero-order valence-electron chi connectivity index (χ0n) is 15.3. The van der Waals surface area contributed by atoms with Gasteiger partial charge in [-0.1, -0.05) is 43.0 Å². The Bertz CT molecular complexity index is 998. The van der Waals surface area contributed by atoms with Crippen molar-refractivity contribution in [3.63, 3.8) is 0 Å². The lowest BCUT2D eigenvalue weighted by molar-refractivity contribution is -0.132. The summed E-state index contributed by atoms with van der Waals surface area (Å²) in [5.74, 6) is 0.348. The van der Waals surface area contributed by atoms with Gasteiger partial charge in [0.2, 0.25) is 5.91 Å². The van der Waals surface area contributed by atoms with E-state index in [1.807, 2.05) is 55.5 Å². The van der Waals surface area contributed by atoms with E-state index < -0.39 is 0 Å². The minimum absolute atomic E-state index is 0.0482. The van der Waals surface area contributed by atoms with Gasteiger partial charge in [-0.25, -0.2) is 0 Å². The van der Waals surface area contributed by atoms with Crippen LogP contribution in [0.4, 0.5) is 0 Å². The Morgan fingerprint density at radius 1 is 1.15 bits per heavy atom. The quantitative estimate of drug-likeness (QED) is 0.704. The molecule has 0 N–H and O–H groups in total. The fraction of sp³-hybridized carbons (Fsp3) is 0.182. The molecule has 1 atom stereocenters. The average molecular weight is 360 g/mol. The largest absolute Gasteiger partial charge is 0.459 e. The van der Waals surface area contributed by atoms with Crippen molar-refractivity contribution in [1.82, 2.24) is 9.80 Å². The molecule has 2 heterocycles. The van der Waals surface area contributed by atoms with E-state index in [-0.39, 0.29) is 24.4 Å². The zero-order valence-corrected chi connectivity index (χ0v) is 15.3. The van der Waals surface area contributed by atoms with Crippen LogP contribution in [0.5, 0.6) is 0 Å². The lowest BCUT2D eigenvalue weighted by atomic mass is 10.1. The minimum atomic E-state index is -0.252. The molecule has 1 aromatic heterocycles. The molecule has 27 heavy (non-hydrogen) atoms. The molecule has 4 rings (SSSR count). The van der Waals surface area contributed by atoms with Crippen LogP contribution < -0.4 is 0 Å². The first kappa shape index (κ1) is 17.1. The molecule has 0 saturated carbocycles. The number of furan rings is 1. The zero-order chi connectivity index (χ0) is 19.1. The maximum absolute atomic E-state index is 12.8. The van der Waals surface area contributed by atoms with Gasteiger partial charge in [0.25, 0.3) is 5.91 Å². The number of para-hydroxylation sites is 1. The number of nitrogens with zero attached hydrogens (tertiary/aromatic N) is 2. The Morgan fingerprint density at radius 2 is 1.81 bits per heavy atom. The van der Waals surface area contributed by atoms with Crippen LogP contribution in [0.3, 0.4) is 0 Å². The molecule has 5 heteroatoms. The SMILES string of the molecule is C=C1c2ccccc2C(=O)N1CC(=O)N(C)C(C)c1cc2ccccc2o1. The van der Waals surface area contributed by atoms with Gasteiger partial charge in [0, 0.05) is 29.3 Å². The third kappa shape index (κ3) is 2.81. The summed E-state index contributed by atoms with van der Waals surface area (Å²) in [7, 11) is 1.72. The monoisotopic (exact) mass is 360 g/mol. The molecule has 3 aromatic rings. The Kier molecular flexibility index (Phi) is 4.07. The predicted octanol–water partition coefficient (Wildman–Crippen LogP) is 4.08. The third-order valence-corrected chi connectivity index (χ3v) is 5.16. The molecule has 136 valence electrons. The molecular formula is C22H20N2O3. The van der Waals surface area contributed by atoms with E-state index in [4.69, 9.17) is 4.42 Å². The molecule has 0 saturated heterocycles. The topological polar surface area (TPSA) is 53.8 Å². The Balaban J connectivity index is 1.51. The number of carbonyl (C=O) groups is 2. The molecule has 1 aliphatic heterocycles. The van der Waals surface area contributed by atoms with Crippen LogP contribution in [0.15, 0.2) is 65.6 Å². The number of fused-ring (bicyclic) bond motifs is 2. The van der Waals surface area contributed by atoms with Gasteiger partial charge in [-0.3, -0.25) is 14.5 Å². The fourth-order valence-electron chi connectivity index (χ4n) is 3.36. The minimum Gasteiger partial charge on any atom is -0.459 e. The Hall–Kier alpha value is -3.34. The van der Waals surface area contributed by atoms with Gasteiger partial charge in [0.15, 0.2) is 0 Å². The molecule has 5 nitrogen and oxygen atoms in total. The maximum Gasteiger partial charge on any atom is 0.259 e. The highest BCUT2D eigenvalue weighted by atomic mass is 16.3. The van der Waals surface area contributed by atoms with Gasteiger partial charge < -0.3 is 9.32 Å². The smallest absolute Gasteiger partial charge is 0.259 e. The summed E-state index contributed by atoms with van der Waals surface area (Å²) in [5, 5.41) is 0.999. The summed E-state index contributed by atoms with van der Waals surface area (Å²) in [6.07, 6.45) is 0. The van der Waals surface area contributed by atoms with Crippen molar-refractivity contribution in [3.8, 4) is 0 Å². The second-order valence-electron chi connectivity index (χ2n) is 6.75. The van der Waals surface area contributed by atoms with Gasteiger partial charge in [0.1, 0.15) is 17.9 Å². The molecule has 0 radical (unpaired) electrons. The second-order valence-corrected chi connectivity index (χ2v) is 6.75. The molecule has 1 unspecified atom stereocenters. The average Bonchev–Trinajstić information content (AvgIpc) is 3.22. The van der Waals surface area contributed by atoms with E-state index >= 15 is 0 Å². The van der Waals surface area contributed by atoms with Crippen molar-refractivity contribution < 1.29 is 14.0 Å². The van der Waals surface area contributed by atoms with Crippen LogP contribution in [0, 0.1) is 0 Å². The first-order valence-electron chi connectivity index (χ1n) is 8.81. The van der Waals surface area contributed by atoms with Crippen molar-refractivity contribution >= 4 is 28.5 Å². The van der Waals surface area contributed by atoms with E-state index in [0.717, 1.165) is 16.5 Å². The van der Waals surface area contributed by atoms with Gasteiger partial charge in [-0.2, -0.15) is 0 Å². The number of likely N-dealkylation sites (N-methyl/N-ethyl adjacent to an activating group) is 1. The molecule has 2 amide bonds. The lowest BCUT2D eigenvalue weighted by Crippen LogP contribution is -2.39. The highest BCUT2D eigenvalue weighted by molar-refractivity contribution is 6.10. The van der Waals surface area contributed by atoms with Gasteiger partial charge >= 0.3 is 0 Å². The van der Waals surface area contributed by atoms with E-state index in [1.165, 1.54) is 4.90 Å². The molecule has 2 aromatic carbocycles. The van der Waals surface area contributed by atoms with E-state index in [9.17, 15) is 9.59 Å². The van der Waals surface area contributed by atoms with Crippen LogP contribution >= 0.6 is 0 Å². The number of carbonyl (C=O) groups excluding carboxylic acids is 2. The summed E-state index contributed by atoms with van der Waals surface area (Å²) in [4.78, 5) is 28.5. The first-order chi connectivity index (χ1) is 13.0. The normalized spacial score (nSPS) is 14.5. The summed E-state index contributed by atoms with van der Waals surface area (Å²) in [6.45, 7) is 5.85. The molecule has 0 fully saturated rings. The molecule has 0 bridgehead atoms. The summed E-state index contributed by atoms with van der Waals surface area (Å²) >= 11 is 0. The van der Waals surface area contributed by atoms with Crippen LogP contribution in [-0.2, 0) is 4.79 Å². The van der Waals surface area contributed by atoms with Gasteiger partial charge in [-0.05, 0) is 25.1 Å². The van der Waals surface area contributed by atoms with Crippen molar-refractivity contribution in [3.05, 3.63) is 78.1 Å². The van der Waals surface area contributed by atoms with E-state index in [1.54, 1.807) is 18.0 Å². The van der Waals surface area contributed by atoms with Crippen LogP contribution in [0.25, 0.3) is 16.7 Å². The number of benzene rings is 2. The standard InChI is InChI=1S/C22H20N2O3/c1-14-17-9-5-6-10-18(17)22(26)24(14)13-21(25)23(3)15(2)20-12-16-8-4-7-11-19(16)27-20/h4-12,15H,1,13H2,2-3H3. The summed E-state index contributed by atoms with van der Waals surface area (Å²) < 4.78 is 5.87. The maximum atomic E-state index is 12.8. The van der Waals surface area contributed by atoms with Gasteiger partial charge in [0.05, 0.1) is 6.04 Å². The number of hydrogen-bond donors (Lipinski definition) is 0. The van der Waals surface area contributed by atoms with Crippen molar-refractivity contribution in [1.29, 1.82) is 0 Å². The van der Waals surface area contributed by atoms with Gasteiger partial charge in [-0.15, -0.1) is 0 Å². The van der Waals surface area contributed by atoms with Crippen LogP contribution in [0.2, 0.25) is 0 Å². The third-order valence-electron chi connectivity index (χ3n) is 5.16. The first-order valence-corrected chi connectivity index (χ1v) is 8.81. The number of rotatable bonds is 4. The second kappa shape index (κ2) is 6.43. The predicted molar refractivity (Wildman–Crippen MR) is 104 cm³/mol. The summed E-state index contributed by atoms with van der Waals surface area (Å²) in [6, 6.07) is 16.7. The molecular weight excluding hydrogens is 340 g/mol. The summed E-state index contributed by atoms with van der Waals surface area (Å²) in [5.41, 5.74) is 2.72. The number of hydrogen-bond acceptors (Lipinski definition) is 3. The highest BCUT2D eigenvalue weighted by Crippen LogP contribution is 2.32. The van der Waals surface area contributed by atoms with Crippen molar-refractivity contribution in [2.24, 2.45) is 0 Å². The van der Waals surface area contributed by atoms with Crippen molar-refractivity contribution in [2.75, 3.05) is 13.6 Å².